The smallest absolute Gasteiger partial charge is 0.214 e. The van der Waals surface area contributed by atoms with E-state index in [0.29, 0.717) is 6.04 Å². The first kappa shape index (κ1) is 16.8. The molecule has 2 aromatic rings. The molecule has 0 aromatic carbocycles. The summed E-state index contributed by atoms with van der Waals surface area (Å²) < 4.78 is 27.3. The fourth-order valence-electron chi connectivity index (χ4n) is 4.41. The van der Waals surface area contributed by atoms with Crippen molar-refractivity contribution in [3.8, 4) is 0 Å². The van der Waals surface area contributed by atoms with E-state index in [9.17, 15) is 8.42 Å². The Hall–Kier alpha value is -1.67. The van der Waals surface area contributed by atoms with E-state index >= 15 is 0 Å². The zero-order valence-corrected chi connectivity index (χ0v) is 15.7. The van der Waals surface area contributed by atoms with Gasteiger partial charge in [-0.15, -0.1) is 0 Å². The van der Waals surface area contributed by atoms with Gasteiger partial charge in [0.25, 0.3) is 0 Å². The minimum Gasteiger partial charge on any atom is -0.356 e. The summed E-state index contributed by atoms with van der Waals surface area (Å²) in [5.74, 6) is 0.941. The van der Waals surface area contributed by atoms with Crippen LogP contribution in [0.25, 0.3) is 11.0 Å². The maximum atomic E-state index is 12.3. The maximum Gasteiger partial charge on any atom is 0.214 e. The van der Waals surface area contributed by atoms with Gasteiger partial charge < -0.3 is 9.88 Å². The number of H-pyrrole nitrogens is 1. The van der Waals surface area contributed by atoms with E-state index in [2.05, 4.69) is 31.6 Å². The molecule has 2 fully saturated rings. The number of nitrogens with zero attached hydrogens (tertiary/aromatic N) is 3. The first-order valence-corrected chi connectivity index (χ1v) is 10.4. The van der Waals surface area contributed by atoms with Gasteiger partial charge in [0.1, 0.15) is 17.8 Å². The van der Waals surface area contributed by atoms with Crippen LogP contribution in [-0.4, -0.2) is 47.8 Å². The van der Waals surface area contributed by atoms with E-state index in [-0.39, 0.29) is 16.7 Å². The molecule has 136 valence electrons. The number of anilines is 1. The minimum absolute atomic E-state index is 0.0386. The second kappa shape index (κ2) is 5.67. The largest absolute Gasteiger partial charge is 0.356 e. The summed E-state index contributed by atoms with van der Waals surface area (Å²) in [7, 11) is -1.10. The van der Waals surface area contributed by atoms with Gasteiger partial charge in [0.05, 0.1) is 10.6 Å². The van der Waals surface area contributed by atoms with Gasteiger partial charge in [0, 0.05) is 25.3 Å². The van der Waals surface area contributed by atoms with Crippen molar-refractivity contribution in [3.05, 3.63) is 18.6 Å². The van der Waals surface area contributed by atoms with Crippen molar-refractivity contribution in [1.82, 2.24) is 19.7 Å². The molecule has 7 nitrogen and oxygen atoms in total. The number of sulfonamides is 1. The van der Waals surface area contributed by atoms with Crippen LogP contribution in [0.2, 0.25) is 0 Å². The number of hydrogen-bond donors (Lipinski definition) is 2. The maximum absolute atomic E-state index is 12.3. The van der Waals surface area contributed by atoms with Crippen molar-refractivity contribution in [2.45, 2.75) is 56.9 Å². The lowest BCUT2D eigenvalue weighted by molar-refractivity contribution is 0.0134. The topological polar surface area (TPSA) is 91.0 Å². The first-order chi connectivity index (χ1) is 11.8. The van der Waals surface area contributed by atoms with Crippen molar-refractivity contribution in [1.29, 1.82) is 0 Å². The van der Waals surface area contributed by atoms with Gasteiger partial charge in [-0.25, -0.2) is 23.1 Å². The average Bonchev–Trinajstić information content (AvgIpc) is 2.90. The Morgan fingerprint density at radius 3 is 2.68 bits per heavy atom. The number of aromatic nitrogens is 3. The second-order valence-corrected chi connectivity index (χ2v) is 9.95. The van der Waals surface area contributed by atoms with E-state index < -0.39 is 10.0 Å². The summed E-state index contributed by atoms with van der Waals surface area (Å²) in [6.07, 6.45) is 7.09. The van der Waals surface area contributed by atoms with Gasteiger partial charge >= 0.3 is 0 Å². The number of fused-ring (bicyclic) bond motifs is 1. The van der Waals surface area contributed by atoms with E-state index in [0.717, 1.165) is 42.5 Å². The van der Waals surface area contributed by atoms with Crippen molar-refractivity contribution in [2.75, 3.05) is 11.9 Å². The SMILES string of the molecule is CC(C)NS(=O)(=O)C1CC2(CC(N(C)c3ncnc4[nH]ccc34)C2)C1. The van der Waals surface area contributed by atoms with Crippen LogP contribution in [0.3, 0.4) is 0 Å². The Kier molecular flexibility index (Phi) is 3.81. The molecule has 4 rings (SSSR count). The highest BCUT2D eigenvalue weighted by molar-refractivity contribution is 7.90. The molecule has 0 saturated heterocycles. The lowest BCUT2D eigenvalue weighted by atomic mass is 9.53. The molecule has 2 aliphatic rings. The zero-order chi connectivity index (χ0) is 17.8. The number of aromatic amines is 1. The van der Waals surface area contributed by atoms with Crippen LogP contribution in [0, 0.1) is 5.41 Å². The Morgan fingerprint density at radius 1 is 1.28 bits per heavy atom. The quantitative estimate of drug-likeness (QED) is 0.848. The monoisotopic (exact) mass is 363 g/mol. The van der Waals surface area contributed by atoms with Gasteiger partial charge in [-0.1, -0.05) is 0 Å². The molecule has 2 aromatic heterocycles. The zero-order valence-electron chi connectivity index (χ0n) is 14.9. The first-order valence-electron chi connectivity index (χ1n) is 8.82. The Balaban J connectivity index is 1.39. The predicted octanol–water partition coefficient (Wildman–Crippen LogP) is 2.03. The fourth-order valence-corrected chi connectivity index (χ4v) is 6.41. The lowest BCUT2D eigenvalue weighted by Crippen LogP contribution is -2.60. The molecule has 8 heteroatoms. The molecule has 0 amide bonds. The molecule has 0 unspecified atom stereocenters. The number of nitrogens with one attached hydrogen (secondary N) is 2. The van der Waals surface area contributed by atoms with E-state index in [1.54, 1.807) is 6.33 Å². The summed E-state index contributed by atoms with van der Waals surface area (Å²) in [6.45, 7) is 3.73. The van der Waals surface area contributed by atoms with Crippen LogP contribution >= 0.6 is 0 Å². The Labute approximate surface area is 148 Å². The summed E-state index contributed by atoms with van der Waals surface area (Å²) in [6, 6.07) is 2.37. The van der Waals surface area contributed by atoms with Gasteiger partial charge in [0.2, 0.25) is 10.0 Å². The van der Waals surface area contributed by atoms with Gasteiger partial charge in [-0.3, -0.25) is 0 Å². The molecular weight excluding hydrogens is 338 g/mol. The highest BCUT2D eigenvalue weighted by atomic mass is 32.2. The Morgan fingerprint density at radius 2 is 2.00 bits per heavy atom. The molecule has 0 atom stereocenters. The van der Waals surface area contributed by atoms with Crippen LogP contribution in [-0.2, 0) is 10.0 Å². The molecule has 1 spiro atoms. The third-order valence-corrected chi connectivity index (χ3v) is 7.72. The van der Waals surface area contributed by atoms with Gasteiger partial charge in [-0.2, -0.15) is 0 Å². The summed E-state index contributed by atoms with van der Waals surface area (Å²) >= 11 is 0. The standard InChI is InChI=1S/C17H25N5O2S/c1-11(2)21-25(23,24)13-8-17(9-13)6-12(7-17)22(3)16-14-4-5-18-15(14)19-10-20-16/h4-5,10-13,21H,6-9H2,1-3H3,(H,18,19,20). The highest BCUT2D eigenvalue weighted by Crippen LogP contribution is 2.59. The molecule has 25 heavy (non-hydrogen) atoms. The van der Waals surface area contributed by atoms with Crippen molar-refractivity contribution in [2.24, 2.45) is 5.41 Å². The summed E-state index contributed by atoms with van der Waals surface area (Å²) in [5.41, 5.74) is 1.06. The molecule has 0 radical (unpaired) electrons. The van der Waals surface area contributed by atoms with Crippen LogP contribution in [0.4, 0.5) is 5.82 Å². The molecule has 0 aliphatic heterocycles. The summed E-state index contributed by atoms with van der Waals surface area (Å²) in [5, 5.41) is 0.803. The molecule has 2 heterocycles. The second-order valence-electron chi connectivity index (χ2n) is 7.96. The third-order valence-electron chi connectivity index (χ3n) is 5.71. The number of rotatable bonds is 5. The fraction of sp³-hybridized carbons (Fsp3) is 0.647. The normalized spacial score (nSPS) is 29.0. The predicted molar refractivity (Wildman–Crippen MR) is 98.0 cm³/mol. The minimum atomic E-state index is -3.17. The molecular formula is C17H25N5O2S. The summed E-state index contributed by atoms with van der Waals surface area (Å²) in [4.78, 5) is 14.0. The van der Waals surface area contributed by atoms with Crippen molar-refractivity contribution in [3.63, 3.8) is 0 Å². The van der Waals surface area contributed by atoms with Gasteiger partial charge in [0.15, 0.2) is 0 Å². The van der Waals surface area contributed by atoms with Crippen molar-refractivity contribution >= 4 is 26.9 Å². The van der Waals surface area contributed by atoms with Gasteiger partial charge in [-0.05, 0) is 51.0 Å². The van der Waals surface area contributed by atoms with E-state index in [1.165, 1.54) is 0 Å². The average molecular weight is 363 g/mol. The lowest BCUT2D eigenvalue weighted by Gasteiger charge is -2.59. The van der Waals surface area contributed by atoms with E-state index in [1.807, 2.05) is 26.1 Å². The molecule has 0 bridgehead atoms. The highest BCUT2D eigenvalue weighted by Gasteiger charge is 2.57. The molecule has 2 N–H and O–H groups in total. The van der Waals surface area contributed by atoms with Crippen molar-refractivity contribution < 1.29 is 8.42 Å². The van der Waals surface area contributed by atoms with Crippen LogP contribution in [0.15, 0.2) is 18.6 Å². The van der Waals surface area contributed by atoms with Crippen LogP contribution in [0.1, 0.15) is 39.5 Å². The van der Waals surface area contributed by atoms with Crippen LogP contribution < -0.4 is 9.62 Å². The molecule has 2 saturated carbocycles. The Bertz CT molecular complexity index is 877. The van der Waals surface area contributed by atoms with Crippen LogP contribution in [0.5, 0.6) is 0 Å². The number of hydrogen-bond acceptors (Lipinski definition) is 5. The molecule has 2 aliphatic carbocycles. The van der Waals surface area contributed by atoms with E-state index in [4.69, 9.17) is 0 Å². The third kappa shape index (κ3) is 2.81.